The summed E-state index contributed by atoms with van der Waals surface area (Å²) < 4.78 is 0. The van der Waals surface area contributed by atoms with E-state index in [1.165, 1.54) is 25.2 Å². The number of piperazine rings is 1. The van der Waals surface area contributed by atoms with E-state index in [9.17, 15) is 0 Å². The Labute approximate surface area is 104 Å². The Balaban J connectivity index is 2.03. The van der Waals surface area contributed by atoms with E-state index in [4.69, 9.17) is 0 Å². The maximum Gasteiger partial charge on any atom is 0.0271 e. The lowest BCUT2D eigenvalue weighted by molar-refractivity contribution is 0.0571. The van der Waals surface area contributed by atoms with Crippen LogP contribution in [-0.2, 0) is 6.54 Å². The lowest BCUT2D eigenvalue weighted by Crippen LogP contribution is -2.53. The van der Waals surface area contributed by atoms with Gasteiger partial charge in [0.15, 0.2) is 0 Å². The van der Waals surface area contributed by atoms with E-state index >= 15 is 0 Å². The highest BCUT2D eigenvalue weighted by Gasteiger charge is 2.27. The zero-order valence-electron chi connectivity index (χ0n) is 11.1. The maximum absolute atomic E-state index is 4.08. The van der Waals surface area contributed by atoms with Crippen molar-refractivity contribution in [3.63, 3.8) is 0 Å². The molecule has 0 spiro atoms. The molecule has 17 heavy (non-hydrogen) atoms. The maximum atomic E-state index is 4.08. The summed E-state index contributed by atoms with van der Waals surface area (Å²) >= 11 is 0. The summed E-state index contributed by atoms with van der Waals surface area (Å²) in [5.41, 5.74) is 1.37. The third-order valence-electron chi connectivity index (χ3n) is 3.64. The molecule has 1 aliphatic heterocycles. The van der Waals surface area contributed by atoms with E-state index in [-0.39, 0.29) is 0 Å². The van der Waals surface area contributed by atoms with Gasteiger partial charge in [0.1, 0.15) is 0 Å². The summed E-state index contributed by atoms with van der Waals surface area (Å²) in [5, 5.41) is 0. The van der Waals surface area contributed by atoms with Crippen LogP contribution in [-0.4, -0.2) is 47.5 Å². The van der Waals surface area contributed by atoms with Crippen molar-refractivity contribution in [1.29, 1.82) is 0 Å². The minimum absolute atomic E-state index is 0.668. The van der Waals surface area contributed by atoms with E-state index in [0.29, 0.717) is 12.0 Å². The fraction of sp³-hybridized carbons (Fsp3) is 0.643. The van der Waals surface area contributed by atoms with Crippen molar-refractivity contribution in [2.45, 2.75) is 26.4 Å². The van der Waals surface area contributed by atoms with Crippen LogP contribution < -0.4 is 0 Å². The summed E-state index contributed by atoms with van der Waals surface area (Å²) in [6.45, 7) is 9.23. The molecule has 1 aliphatic rings. The van der Waals surface area contributed by atoms with Gasteiger partial charge in [0.25, 0.3) is 0 Å². The molecule has 0 radical (unpaired) electrons. The molecule has 1 saturated heterocycles. The molecule has 0 aromatic carbocycles. The molecule has 0 saturated carbocycles. The van der Waals surface area contributed by atoms with Crippen LogP contribution in [0.4, 0.5) is 0 Å². The van der Waals surface area contributed by atoms with E-state index < -0.39 is 0 Å². The number of likely N-dealkylation sites (N-methyl/N-ethyl adjacent to an activating group) is 1. The minimum Gasteiger partial charge on any atom is -0.304 e. The smallest absolute Gasteiger partial charge is 0.0271 e. The largest absolute Gasteiger partial charge is 0.304 e. The van der Waals surface area contributed by atoms with Crippen LogP contribution in [0.3, 0.4) is 0 Å². The molecule has 2 heterocycles. The van der Waals surface area contributed by atoms with Gasteiger partial charge in [-0.05, 0) is 30.7 Å². The van der Waals surface area contributed by atoms with Crippen molar-refractivity contribution in [3.05, 3.63) is 30.1 Å². The van der Waals surface area contributed by atoms with Crippen LogP contribution in [0.5, 0.6) is 0 Å². The van der Waals surface area contributed by atoms with Gasteiger partial charge >= 0.3 is 0 Å². The zero-order chi connectivity index (χ0) is 12.3. The predicted molar refractivity (Wildman–Crippen MR) is 70.8 cm³/mol. The number of nitrogens with zero attached hydrogens (tertiary/aromatic N) is 3. The van der Waals surface area contributed by atoms with E-state index in [2.05, 4.69) is 47.8 Å². The SMILES string of the molecule is CC(C)[C@H]1CN(C)CCN1Cc1ccncc1. The molecular formula is C14H23N3. The van der Waals surface area contributed by atoms with Crippen LogP contribution in [0.1, 0.15) is 19.4 Å². The minimum atomic E-state index is 0.668. The quantitative estimate of drug-likeness (QED) is 0.794. The Morgan fingerprint density at radius 1 is 1.29 bits per heavy atom. The molecule has 2 rings (SSSR count). The van der Waals surface area contributed by atoms with Crippen molar-refractivity contribution in [2.24, 2.45) is 5.92 Å². The number of hydrogen-bond acceptors (Lipinski definition) is 3. The van der Waals surface area contributed by atoms with Gasteiger partial charge in [-0.15, -0.1) is 0 Å². The second-order valence-electron chi connectivity index (χ2n) is 5.40. The molecule has 1 aromatic rings. The number of aromatic nitrogens is 1. The normalized spacial score (nSPS) is 23.2. The van der Waals surface area contributed by atoms with E-state index in [1.807, 2.05) is 12.4 Å². The lowest BCUT2D eigenvalue weighted by atomic mass is 9.99. The predicted octanol–water partition coefficient (Wildman–Crippen LogP) is 1.85. The van der Waals surface area contributed by atoms with Gasteiger partial charge in [-0.25, -0.2) is 0 Å². The average molecular weight is 233 g/mol. The average Bonchev–Trinajstić information content (AvgIpc) is 2.32. The third kappa shape index (κ3) is 3.27. The molecule has 3 heteroatoms. The molecule has 94 valence electrons. The van der Waals surface area contributed by atoms with E-state index in [0.717, 1.165) is 6.54 Å². The zero-order valence-corrected chi connectivity index (χ0v) is 11.1. The molecule has 0 unspecified atom stereocenters. The first kappa shape index (κ1) is 12.5. The molecule has 0 N–H and O–H groups in total. The molecular weight excluding hydrogens is 210 g/mol. The molecule has 0 bridgehead atoms. The van der Waals surface area contributed by atoms with Crippen LogP contribution in [0, 0.1) is 5.92 Å². The van der Waals surface area contributed by atoms with Crippen molar-refractivity contribution in [1.82, 2.24) is 14.8 Å². The number of hydrogen-bond donors (Lipinski definition) is 0. The van der Waals surface area contributed by atoms with E-state index in [1.54, 1.807) is 0 Å². The molecule has 1 atom stereocenters. The summed E-state index contributed by atoms with van der Waals surface area (Å²) in [6, 6.07) is 4.91. The fourth-order valence-electron chi connectivity index (χ4n) is 2.54. The van der Waals surface area contributed by atoms with Gasteiger partial charge in [0, 0.05) is 44.6 Å². The first-order chi connectivity index (χ1) is 8.16. The van der Waals surface area contributed by atoms with Gasteiger partial charge in [0.05, 0.1) is 0 Å². The highest BCUT2D eigenvalue weighted by Crippen LogP contribution is 2.18. The Bertz CT molecular complexity index is 337. The van der Waals surface area contributed by atoms with Crippen molar-refractivity contribution < 1.29 is 0 Å². The van der Waals surface area contributed by atoms with Crippen LogP contribution in [0.25, 0.3) is 0 Å². The molecule has 1 fully saturated rings. The summed E-state index contributed by atoms with van der Waals surface area (Å²) in [6.07, 6.45) is 3.77. The first-order valence-corrected chi connectivity index (χ1v) is 6.48. The van der Waals surface area contributed by atoms with Gasteiger partial charge in [-0.3, -0.25) is 9.88 Å². The molecule has 1 aromatic heterocycles. The lowest BCUT2D eigenvalue weighted by Gasteiger charge is -2.42. The Kier molecular flexibility index (Phi) is 4.13. The van der Waals surface area contributed by atoms with Crippen LogP contribution in [0.2, 0.25) is 0 Å². The first-order valence-electron chi connectivity index (χ1n) is 6.48. The van der Waals surface area contributed by atoms with Gasteiger partial charge in [-0.1, -0.05) is 13.8 Å². The molecule has 3 nitrogen and oxygen atoms in total. The van der Waals surface area contributed by atoms with Crippen molar-refractivity contribution in [2.75, 3.05) is 26.7 Å². The summed E-state index contributed by atoms with van der Waals surface area (Å²) in [5.74, 6) is 0.708. The monoisotopic (exact) mass is 233 g/mol. The Hall–Kier alpha value is -0.930. The summed E-state index contributed by atoms with van der Waals surface area (Å²) in [7, 11) is 2.22. The molecule has 0 amide bonds. The highest BCUT2D eigenvalue weighted by molar-refractivity contribution is 5.10. The van der Waals surface area contributed by atoms with Crippen molar-refractivity contribution >= 4 is 0 Å². The van der Waals surface area contributed by atoms with Gasteiger partial charge in [-0.2, -0.15) is 0 Å². The van der Waals surface area contributed by atoms with Crippen LogP contribution in [0.15, 0.2) is 24.5 Å². The third-order valence-corrected chi connectivity index (χ3v) is 3.64. The summed E-state index contributed by atoms with van der Waals surface area (Å²) in [4.78, 5) is 9.13. The second kappa shape index (κ2) is 5.61. The van der Waals surface area contributed by atoms with Crippen molar-refractivity contribution in [3.8, 4) is 0 Å². The van der Waals surface area contributed by atoms with Gasteiger partial charge < -0.3 is 4.90 Å². The number of pyridine rings is 1. The standard InChI is InChI=1S/C14H23N3/c1-12(2)14-11-16(3)8-9-17(14)10-13-4-6-15-7-5-13/h4-7,12,14H,8-11H2,1-3H3/t14-/m1/s1. The molecule has 0 aliphatic carbocycles. The highest BCUT2D eigenvalue weighted by atomic mass is 15.3. The Morgan fingerprint density at radius 2 is 2.00 bits per heavy atom. The topological polar surface area (TPSA) is 19.4 Å². The Morgan fingerprint density at radius 3 is 2.65 bits per heavy atom. The van der Waals surface area contributed by atoms with Gasteiger partial charge in [0.2, 0.25) is 0 Å². The van der Waals surface area contributed by atoms with Crippen LogP contribution >= 0.6 is 0 Å². The fourth-order valence-corrected chi connectivity index (χ4v) is 2.54. The number of rotatable bonds is 3. The second-order valence-corrected chi connectivity index (χ2v) is 5.40.